The Balaban J connectivity index is 3.05. The Morgan fingerprint density at radius 1 is 1.83 bits per heavy atom. The van der Waals surface area contributed by atoms with Gasteiger partial charge in [0.05, 0.1) is 6.20 Å². The van der Waals surface area contributed by atoms with Crippen LogP contribution in [0.3, 0.4) is 0 Å². The van der Waals surface area contributed by atoms with Crippen molar-refractivity contribution in [2.75, 3.05) is 0 Å². The molecule has 0 fully saturated rings. The molecule has 0 saturated heterocycles. The zero-order valence-corrected chi connectivity index (χ0v) is 4.01. The second-order valence-electron chi connectivity index (χ2n) is 0.837. The molecule has 2 nitrogen and oxygen atoms in total. The average molecular weight is 96.1 g/mol. The average Bonchev–Trinajstić information content (AvgIpc) is 1.86. The molecule has 0 aliphatic heterocycles. The summed E-state index contributed by atoms with van der Waals surface area (Å²) >= 11 is 0. The van der Waals surface area contributed by atoms with E-state index >= 15 is 0 Å². The molecule has 6 heavy (non-hydrogen) atoms. The molecule has 3 radical (unpaired) electrons. The fourth-order valence-corrected chi connectivity index (χ4v) is 0.366. The van der Waals surface area contributed by atoms with E-state index in [1.165, 1.54) is 6.26 Å². The van der Waals surface area contributed by atoms with Gasteiger partial charge in [-0.1, -0.05) is 0 Å². The van der Waals surface area contributed by atoms with E-state index in [9.17, 15) is 0 Å². The van der Waals surface area contributed by atoms with Crippen LogP contribution in [0.15, 0.2) is 16.9 Å². The van der Waals surface area contributed by atoms with Gasteiger partial charge in [0.25, 0.3) is 0 Å². The van der Waals surface area contributed by atoms with E-state index in [0.717, 1.165) is 0 Å². The van der Waals surface area contributed by atoms with Crippen molar-refractivity contribution in [3.05, 3.63) is 12.5 Å². The molecule has 0 spiro atoms. The summed E-state index contributed by atoms with van der Waals surface area (Å²) < 4.78 is 4.64. The van der Waals surface area contributed by atoms with Crippen LogP contribution < -0.4 is 5.51 Å². The summed E-state index contributed by atoms with van der Waals surface area (Å²) in [5, 5.41) is 0. The fraction of sp³-hybridized carbons (Fsp3) is 0. The van der Waals surface area contributed by atoms with Crippen molar-refractivity contribution in [1.29, 1.82) is 0 Å². The number of hydrogen-bond donors (Lipinski definition) is 0. The van der Waals surface area contributed by atoms with Crippen molar-refractivity contribution in [3.63, 3.8) is 0 Å². The Morgan fingerprint density at radius 2 is 2.67 bits per heavy atom. The van der Waals surface area contributed by atoms with Crippen LogP contribution in [-0.4, -0.2) is 15.2 Å². The van der Waals surface area contributed by atoms with Gasteiger partial charge in [0, 0.05) is 0 Å². The Morgan fingerprint density at radius 3 is 2.83 bits per heavy atom. The molecule has 1 aromatic rings. The summed E-state index contributed by atoms with van der Waals surface area (Å²) in [7, 11) is 3.05. The molecular formula is C3H2NOSi. The molecule has 0 aliphatic carbocycles. The molecule has 29 valence electrons. The van der Waals surface area contributed by atoms with Gasteiger partial charge in [-0.15, -0.1) is 0 Å². The minimum Gasteiger partial charge on any atom is -0.455 e. The predicted molar refractivity (Wildman–Crippen MR) is 21.9 cm³/mol. The van der Waals surface area contributed by atoms with Crippen LogP contribution in [-0.2, 0) is 0 Å². The first-order chi connectivity index (χ1) is 2.89. The van der Waals surface area contributed by atoms with E-state index < -0.39 is 0 Å². The van der Waals surface area contributed by atoms with Crippen molar-refractivity contribution in [2.45, 2.75) is 0 Å². The lowest BCUT2D eigenvalue weighted by molar-refractivity contribution is 0.596. The number of rotatable bonds is 0. The van der Waals surface area contributed by atoms with Crippen molar-refractivity contribution in [1.82, 2.24) is 4.98 Å². The molecule has 1 rings (SSSR count). The van der Waals surface area contributed by atoms with Gasteiger partial charge in [0.15, 0.2) is 15.8 Å². The summed E-state index contributed by atoms with van der Waals surface area (Å²) in [5.41, 5.74) is 0.523. The summed E-state index contributed by atoms with van der Waals surface area (Å²) in [6.07, 6.45) is 3.07. The number of nitrogens with zero attached hydrogens (tertiary/aromatic N) is 1. The van der Waals surface area contributed by atoms with Crippen LogP contribution in [0, 0.1) is 0 Å². The molecule has 1 heterocycles. The first kappa shape index (κ1) is 3.61. The Kier molecular flexibility index (Phi) is 0.758. The third-order valence-corrected chi connectivity index (χ3v) is 0.679. The second-order valence-corrected chi connectivity index (χ2v) is 1.26. The third kappa shape index (κ3) is 0.489. The first-order valence-electron chi connectivity index (χ1n) is 1.50. The third-order valence-electron chi connectivity index (χ3n) is 0.432. The lowest BCUT2D eigenvalue weighted by atomic mass is 11.0. The zero-order valence-electron chi connectivity index (χ0n) is 3.01. The Hall–Kier alpha value is -0.573. The van der Waals surface area contributed by atoms with Gasteiger partial charge in [0.2, 0.25) is 0 Å². The molecule has 0 N–H and O–H groups in total. The largest absolute Gasteiger partial charge is 0.455 e. The monoisotopic (exact) mass is 96.0 g/mol. The van der Waals surface area contributed by atoms with Gasteiger partial charge < -0.3 is 4.42 Å². The SMILES string of the molecule is [Si]c1ncco1. The second kappa shape index (κ2) is 1.26. The van der Waals surface area contributed by atoms with E-state index in [0.29, 0.717) is 5.51 Å². The molecule has 0 saturated carbocycles. The van der Waals surface area contributed by atoms with Crippen LogP contribution in [0.4, 0.5) is 0 Å². The summed E-state index contributed by atoms with van der Waals surface area (Å²) in [6, 6.07) is 0. The van der Waals surface area contributed by atoms with E-state index in [-0.39, 0.29) is 0 Å². The van der Waals surface area contributed by atoms with Gasteiger partial charge in [-0.25, -0.2) is 4.98 Å². The Labute approximate surface area is 38.6 Å². The molecule has 1 aromatic heterocycles. The van der Waals surface area contributed by atoms with Crippen molar-refractivity contribution < 1.29 is 4.42 Å². The highest BCUT2D eigenvalue weighted by Gasteiger charge is 1.77. The quantitative estimate of drug-likeness (QED) is 0.406. The first-order valence-corrected chi connectivity index (χ1v) is 2.00. The molecule has 0 bridgehead atoms. The van der Waals surface area contributed by atoms with Gasteiger partial charge in [-0.2, -0.15) is 0 Å². The van der Waals surface area contributed by atoms with Gasteiger partial charge in [-0.3, -0.25) is 0 Å². The molecule has 0 amide bonds. The summed E-state index contributed by atoms with van der Waals surface area (Å²) in [5.74, 6) is 0. The van der Waals surface area contributed by atoms with Crippen LogP contribution in [0.1, 0.15) is 0 Å². The Bertz CT molecular complexity index is 114. The van der Waals surface area contributed by atoms with Crippen molar-refractivity contribution >= 4 is 15.8 Å². The van der Waals surface area contributed by atoms with E-state index in [1.807, 2.05) is 0 Å². The number of oxazole rings is 1. The van der Waals surface area contributed by atoms with Crippen LogP contribution in [0.2, 0.25) is 0 Å². The highest BCUT2D eigenvalue weighted by Crippen LogP contribution is 1.68. The molecule has 0 unspecified atom stereocenters. The molecule has 0 aliphatic rings. The van der Waals surface area contributed by atoms with Crippen molar-refractivity contribution in [2.24, 2.45) is 0 Å². The fourth-order valence-electron chi connectivity index (χ4n) is 0.223. The zero-order chi connectivity index (χ0) is 4.41. The highest BCUT2D eigenvalue weighted by atomic mass is 28.1. The lowest BCUT2D eigenvalue weighted by Crippen LogP contribution is -1.98. The van der Waals surface area contributed by atoms with E-state index in [4.69, 9.17) is 0 Å². The van der Waals surface area contributed by atoms with E-state index in [1.54, 1.807) is 6.20 Å². The smallest absolute Gasteiger partial charge is 0.158 e. The number of hydrogen-bond acceptors (Lipinski definition) is 2. The maximum Gasteiger partial charge on any atom is 0.158 e. The van der Waals surface area contributed by atoms with Gasteiger partial charge in [-0.05, 0) is 0 Å². The highest BCUT2D eigenvalue weighted by molar-refractivity contribution is 6.28. The maximum absolute atomic E-state index is 4.64. The van der Waals surface area contributed by atoms with Gasteiger partial charge >= 0.3 is 0 Å². The number of aromatic nitrogens is 1. The van der Waals surface area contributed by atoms with Crippen LogP contribution >= 0.6 is 0 Å². The van der Waals surface area contributed by atoms with Crippen molar-refractivity contribution in [3.8, 4) is 0 Å². The normalized spacial score (nSPS) is 8.83. The lowest BCUT2D eigenvalue weighted by Gasteiger charge is -1.66. The van der Waals surface area contributed by atoms with E-state index in [2.05, 4.69) is 19.6 Å². The summed E-state index contributed by atoms with van der Waals surface area (Å²) in [6.45, 7) is 0. The minimum absolute atomic E-state index is 0.523. The van der Waals surface area contributed by atoms with Crippen LogP contribution in [0.5, 0.6) is 0 Å². The van der Waals surface area contributed by atoms with Crippen LogP contribution in [0.25, 0.3) is 0 Å². The molecule has 3 heteroatoms. The minimum atomic E-state index is 0.523. The molecular weight excluding hydrogens is 94.1 g/mol. The standard InChI is InChI=1S/C3H2NOSi/c6-3-4-1-2-5-3/h1-2H. The summed E-state index contributed by atoms with van der Waals surface area (Å²) in [4.78, 5) is 3.66. The topological polar surface area (TPSA) is 26.0 Å². The maximum atomic E-state index is 4.64. The molecule has 0 aromatic carbocycles. The van der Waals surface area contributed by atoms with Gasteiger partial charge in [0.1, 0.15) is 6.26 Å². The predicted octanol–water partition coefficient (Wildman–Crippen LogP) is -0.532. The molecule has 0 atom stereocenters.